The number of hydrogen-bond acceptors (Lipinski definition) is 7. The maximum absolute atomic E-state index is 14.0. The van der Waals surface area contributed by atoms with Crippen LogP contribution in [0.2, 0.25) is 0 Å². The Hall–Kier alpha value is -5.19. The van der Waals surface area contributed by atoms with Gasteiger partial charge in [0, 0.05) is 44.3 Å². The number of nitrogens with one attached hydrogen (secondary N) is 3. The van der Waals surface area contributed by atoms with Crippen LogP contribution in [0.25, 0.3) is 11.4 Å². The number of carbonyl (C=O) groups excluding carboxylic acids is 2. The van der Waals surface area contributed by atoms with E-state index in [2.05, 4.69) is 35.9 Å². The summed E-state index contributed by atoms with van der Waals surface area (Å²) in [6.07, 6.45) is 4.81. The lowest BCUT2D eigenvalue weighted by Crippen LogP contribution is -2.24. The second kappa shape index (κ2) is 12.8. The number of nitrogens with zero attached hydrogens (tertiary/aromatic N) is 4. The van der Waals surface area contributed by atoms with Crippen LogP contribution in [-0.4, -0.2) is 48.8 Å². The molecule has 2 aromatic carbocycles. The third kappa shape index (κ3) is 7.47. The number of tetrazole rings is 1. The first kappa shape index (κ1) is 27.4. The summed E-state index contributed by atoms with van der Waals surface area (Å²) in [6, 6.07) is 17.2. The number of H-pyrrole nitrogens is 2. The lowest BCUT2D eigenvalue weighted by atomic mass is 10.0. The molecule has 0 aliphatic carbocycles. The molecule has 0 bridgehead atoms. The van der Waals surface area contributed by atoms with Crippen molar-refractivity contribution in [3.8, 4) is 22.9 Å². The molecule has 5 aromatic rings. The Morgan fingerprint density at radius 3 is 2.66 bits per heavy atom. The Labute approximate surface area is 235 Å². The predicted molar refractivity (Wildman–Crippen MR) is 149 cm³/mol. The maximum Gasteiger partial charge on any atom is 0.252 e. The summed E-state index contributed by atoms with van der Waals surface area (Å²) in [5.41, 5.74) is 3.92. The highest BCUT2D eigenvalue weighted by Gasteiger charge is 2.12. The summed E-state index contributed by atoms with van der Waals surface area (Å²) < 4.78 is 20.0. The second-order valence-corrected chi connectivity index (χ2v) is 9.60. The maximum atomic E-state index is 14.0. The molecule has 5 rings (SSSR count). The highest BCUT2D eigenvalue weighted by atomic mass is 19.1. The van der Waals surface area contributed by atoms with Crippen molar-refractivity contribution in [2.45, 2.75) is 32.6 Å². The number of aromatic amines is 2. The first-order valence-electron chi connectivity index (χ1n) is 13.1. The molecular weight excluding hydrogens is 525 g/mol. The van der Waals surface area contributed by atoms with Gasteiger partial charge in [-0.3, -0.25) is 14.6 Å². The molecule has 10 nitrogen and oxygen atoms in total. The number of halogens is 1. The van der Waals surface area contributed by atoms with Crippen LogP contribution < -0.4 is 10.1 Å². The number of carbonyl (C=O) groups is 2. The Morgan fingerprint density at radius 1 is 1.00 bits per heavy atom. The van der Waals surface area contributed by atoms with Crippen LogP contribution in [0.5, 0.6) is 11.5 Å². The minimum absolute atomic E-state index is 0.0508. The van der Waals surface area contributed by atoms with Gasteiger partial charge < -0.3 is 15.0 Å². The highest BCUT2D eigenvalue weighted by molar-refractivity contribution is 5.95. The zero-order chi connectivity index (χ0) is 28.6. The van der Waals surface area contributed by atoms with E-state index < -0.39 is 0 Å². The Morgan fingerprint density at radius 2 is 1.85 bits per heavy atom. The molecule has 0 radical (unpaired) electrons. The molecule has 0 saturated carbocycles. The van der Waals surface area contributed by atoms with Crippen LogP contribution in [0.4, 0.5) is 4.39 Å². The molecule has 1 amide bonds. The second-order valence-electron chi connectivity index (χ2n) is 9.60. The molecule has 0 aliphatic rings. The van der Waals surface area contributed by atoms with Gasteiger partial charge in [-0.1, -0.05) is 35.0 Å². The van der Waals surface area contributed by atoms with Crippen LogP contribution in [0.15, 0.2) is 73.1 Å². The van der Waals surface area contributed by atoms with Crippen molar-refractivity contribution in [1.29, 1.82) is 0 Å². The Kier molecular flexibility index (Phi) is 8.53. The Bertz CT molecular complexity index is 1630. The number of amides is 1. The summed E-state index contributed by atoms with van der Waals surface area (Å²) in [5.74, 6) is 1.14. The number of hydrogen-bond donors (Lipinski definition) is 3. The minimum Gasteiger partial charge on any atom is -0.457 e. The van der Waals surface area contributed by atoms with Gasteiger partial charge in [0.2, 0.25) is 0 Å². The van der Waals surface area contributed by atoms with E-state index in [0.29, 0.717) is 59.2 Å². The largest absolute Gasteiger partial charge is 0.457 e. The van der Waals surface area contributed by atoms with Crippen LogP contribution >= 0.6 is 0 Å². The first-order chi connectivity index (χ1) is 19.9. The fourth-order valence-electron chi connectivity index (χ4n) is 4.29. The topological polar surface area (TPSA) is 139 Å². The van der Waals surface area contributed by atoms with Gasteiger partial charge in [-0.05, 0) is 54.8 Å². The van der Waals surface area contributed by atoms with E-state index in [1.807, 2.05) is 19.1 Å². The van der Waals surface area contributed by atoms with Gasteiger partial charge in [-0.25, -0.2) is 4.39 Å². The van der Waals surface area contributed by atoms with Gasteiger partial charge in [0.15, 0.2) is 5.82 Å². The van der Waals surface area contributed by atoms with Crippen molar-refractivity contribution in [3.05, 3.63) is 107 Å². The lowest BCUT2D eigenvalue weighted by molar-refractivity contribution is -0.117. The highest BCUT2D eigenvalue weighted by Crippen LogP contribution is 2.26. The summed E-state index contributed by atoms with van der Waals surface area (Å²) >= 11 is 0. The molecule has 0 saturated heterocycles. The van der Waals surface area contributed by atoms with Crippen molar-refractivity contribution in [2.75, 3.05) is 6.54 Å². The molecule has 0 aliphatic heterocycles. The molecular formula is C30H28FN7O3. The van der Waals surface area contributed by atoms with Crippen LogP contribution in [0, 0.1) is 12.7 Å². The summed E-state index contributed by atoms with van der Waals surface area (Å²) in [5, 5.41) is 16.6. The molecule has 11 heteroatoms. The van der Waals surface area contributed by atoms with E-state index in [4.69, 9.17) is 4.74 Å². The van der Waals surface area contributed by atoms with E-state index in [0.717, 1.165) is 11.1 Å². The van der Waals surface area contributed by atoms with E-state index in [1.165, 1.54) is 6.07 Å². The van der Waals surface area contributed by atoms with Crippen molar-refractivity contribution in [2.24, 2.45) is 0 Å². The van der Waals surface area contributed by atoms with E-state index >= 15 is 0 Å². The number of ketones is 1. The molecule has 0 unspecified atom stereocenters. The third-order valence-electron chi connectivity index (χ3n) is 6.35. The van der Waals surface area contributed by atoms with Gasteiger partial charge in [0.05, 0.1) is 17.0 Å². The number of rotatable bonds is 12. The fourth-order valence-corrected chi connectivity index (χ4v) is 4.29. The van der Waals surface area contributed by atoms with Crippen molar-refractivity contribution in [3.63, 3.8) is 0 Å². The third-order valence-corrected chi connectivity index (χ3v) is 6.35. The van der Waals surface area contributed by atoms with E-state index in [9.17, 15) is 14.0 Å². The lowest BCUT2D eigenvalue weighted by Gasteiger charge is -2.08. The molecule has 208 valence electrons. The van der Waals surface area contributed by atoms with Crippen LogP contribution in [-0.2, 0) is 24.1 Å². The van der Waals surface area contributed by atoms with E-state index in [-0.39, 0.29) is 30.3 Å². The minimum atomic E-state index is -0.364. The van der Waals surface area contributed by atoms with Gasteiger partial charge >= 0.3 is 0 Å². The summed E-state index contributed by atoms with van der Waals surface area (Å²) in [6.45, 7) is 2.35. The molecule has 3 N–H and O–H groups in total. The molecule has 3 heterocycles. The zero-order valence-corrected chi connectivity index (χ0v) is 22.4. The van der Waals surface area contributed by atoms with E-state index in [1.54, 1.807) is 54.9 Å². The molecule has 0 atom stereocenters. The Balaban J connectivity index is 1.14. The van der Waals surface area contributed by atoms with Gasteiger partial charge in [0.25, 0.3) is 5.91 Å². The number of pyridine rings is 1. The SMILES string of the molecule is Cc1ccc(F)c(CC(=O)Cc2ccc(Oc3ccnc(-c4cc(C(=O)NCCCc5nn[nH]n5)c[nH]4)c3)cc2)c1. The monoisotopic (exact) mass is 553 g/mol. The normalized spacial score (nSPS) is 10.9. The predicted octanol–water partition coefficient (Wildman–Crippen LogP) is 4.55. The average Bonchev–Trinajstić information content (AvgIpc) is 3.67. The van der Waals surface area contributed by atoms with Crippen molar-refractivity contribution >= 4 is 11.7 Å². The average molecular weight is 554 g/mol. The number of ether oxygens (including phenoxy) is 1. The smallest absolute Gasteiger partial charge is 0.252 e. The molecule has 0 spiro atoms. The number of aromatic nitrogens is 6. The van der Waals surface area contributed by atoms with Crippen molar-refractivity contribution in [1.82, 2.24) is 35.9 Å². The number of benzene rings is 2. The van der Waals surface area contributed by atoms with Crippen LogP contribution in [0.1, 0.15) is 39.3 Å². The quantitative estimate of drug-likeness (QED) is 0.193. The van der Waals surface area contributed by atoms with Crippen molar-refractivity contribution < 1.29 is 18.7 Å². The molecule has 3 aromatic heterocycles. The number of aryl methyl sites for hydroxylation is 2. The first-order valence-corrected chi connectivity index (χ1v) is 13.1. The van der Waals surface area contributed by atoms with Gasteiger partial charge in [0.1, 0.15) is 23.1 Å². The zero-order valence-electron chi connectivity index (χ0n) is 22.4. The van der Waals surface area contributed by atoms with Gasteiger partial charge in [-0.2, -0.15) is 5.21 Å². The molecule has 0 fully saturated rings. The summed E-state index contributed by atoms with van der Waals surface area (Å²) in [7, 11) is 0. The molecule has 41 heavy (non-hydrogen) atoms. The fraction of sp³-hybridized carbons (Fsp3) is 0.200. The summed E-state index contributed by atoms with van der Waals surface area (Å²) in [4.78, 5) is 32.5. The number of Topliss-reactive ketones (excluding diaryl/α,β-unsaturated/α-hetero) is 1. The standard InChI is InChI=1S/C30H28FN7O3/c1-19-4-9-26(31)21(13-19)15-23(39)14-20-5-7-24(8-6-20)41-25-10-12-32-28(17-25)27-16-22(18-34-27)30(40)33-11-2-3-29-35-37-38-36-29/h4-10,12-13,16-18,34H,2-3,11,14-15H2,1H3,(H,33,40)(H,35,36,37,38). The van der Waals surface area contributed by atoms with Crippen LogP contribution in [0.3, 0.4) is 0 Å². The van der Waals surface area contributed by atoms with Gasteiger partial charge in [-0.15, -0.1) is 10.2 Å².